The fraction of sp³-hybridized carbons (Fsp3) is 0.244. The number of sulfonamides is 1. The number of rotatable bonds is 18. The van der Waals surface area contributed by atoms with E-state index in [1.165, 1.54) is 23.9 Å². The van der Waals surface area contributed by atoms with Crippen molar-refractivity contribution in [3.8, 4) is 11.1 Å². The molecule has 0 fully saturated rings. The molecule has 55 heavy (non-hydrogen) atoms. The van der Waals surface area contributed by atoms with Crippen LogP contribution >= 0.6 is 23.4 Å². The molecule has 0 saturated heterocycles. The second-order valence-electron chi connectivity index (χ2n) is 13.0. The largest absolute Gasteiger partial charge is 0.418 e. The summed E-state index contributed by atoms with van der Waals surface area (Å²) >= 11 is 7.56. The summed E-state index contributed by atoms with van der Waals surface area (Å²) in [7, 11) is -0.882. The summed E-state index contributed by atoms with van der Waals surface area (Å²) < 4.78 is 71.4. The molecule has 0 heterocycles. The molecule has 1 amide bonds. The van der Waals surface area contributed by atoms with Crippen LogP contribution in [-0.4, -0.2) is 64.7 Å². The number of nitrogens with zero attached hydrogens (tertiary/aromatic N) is 1. The SMILES string of the molecule is CN(C)CC[C@H](CSc1ccccc1)Nc1ccc(S(=O)(=O)NC(=O)c2ccc(NCCNCc3ccccc3-c3ccc(Cl)cc3)cc2)cc1C(F)(F)F. The van der Waals surface area contributed by atoms with Crippen LogP contribution in [0.5, 0.6) is 0 Å². The highest BCUT2D eigenvalue weighted by Crippen LogP contribution is 2.37. The Labute approximate surface area is 329 Å². The van der Waals surface area contributed by atoms with Gasteiger partial charge in [-0.25, -0.2) is 13.1 Å². The minimum Gasteiger partial charge on any atom is -0.384 e. The maximum absolute atomic E-state index is 14.3. The van der Waals surface area contributed by atoms with Crippen LogP contribution in [0.3, 0.4) is 0 Å². The van der Waals surface area contributed by atoms with E-state index in [9.17, 15) is 26.4 Å². The number of halogens is 4. The van der Waals surface area contributed by atoms with Gasteiger partial charge in [0.25, 0.3) is 15.9 Å². The van der Waals surface area contributed by atoms with Gasteiger partial charge in [-0.1, -0.05) is 66.2 Å². The molecule has 5 aromatic carbocycles. The van der Waals surface area contributed by atoms with Crippen LogP contribution in [0.4, 0.5) is 24.5 Å². The average Bonchev–Trinajstić information content (AvgIpc) is 3.16. The Morgan fingerprint density at radius 3 is 2.24 bits per heavy atom. The molecule has 0 aliphatic heterocycles. The lowest BCUT2D eigenvalue weighted by Gasteiger charge is -2.24. The van der Waals surface area contributed by atoms with E-state index < -0.39 is 32.6 Å². The molecular weight excluding hydrogens is 767 g/mol. The van der Waals surface area contributed by atoms with Crippen LogP contribution in [0.25, 0.3) is 11.1 Å². The molecule has 0 unspecified atom stereocenters. The lowest BCUT2D eigenvalue weighted by molar-refractivity contribution is -0.137. The molecule has 0 aliphatic rings. The number of amides is 1. The quantitative estimate of drug-likeness (QED) is 0.0515. The maximum Gasteiger partial charge on any atom is 0.418 e. The molecule has 0 spiro atoms. The predicted molar refractivity (Wildman–Crippen MR) is 217 cm³/mol. The topological polar surface area (TPSA) is 103 Å². The van der Waals surface area contributed by atoms with Gasteiger partial charge in [0, 0.05) is 58.3 Å². The van der Waals surface area contributed by atoms with E-state index in [-0.39, 0.29) is 17.3 Å². The molecule has 0 aliphatic carbocycles. The van der Waals surface area contributed by atoms with E-state index in [2.05, 4.69) is 28.1 Å². The van der Waals surface area contributed by atoms with Gasteiger partial charge in [-0.15, -0.1) is 11.8 Å². The van der Waals surface area contributed by atoms with E-state index in [4.69, 9.17) is 11.6 Å². The van der Waals surface area contributed by atoms with Gasteiger partial charge >= 0.3 is 6.18 Å². The highest BCUT2D eigenvalue weighted by Gasteiger charge is 2.36. The lowest BCUT2D eigenvalue weighted by atomic mass is 10.00. The van der Waals surface area contributed by atoms with Crippen molar-refractivity contribution in [3.63, 3.8) is 0 Å². The average molecular weight is 810 g/mol. The predicted octanol–water partition coefficient (Wildman–Crippen LogP) is 8.87. The summed E-state index contributed by atoms with van der Waals surface area (Å²) in [5.74, 6) is -0.484. The van der Waals surface area contributed by atoms with Crippen molar-refractivity contribution >= 4 is 50.7 Å². The molecule has 0 aromatic heterocycles. The normalized spacial score (nSPS) is 12.3. The minimum absolute atomic E-state index is 0.0278. The number of anilines is 2. The monoisotopic (exact) mass is 809 g/mol. The Balaban J connectivity index is 1.17. The number of hydrogen-bond acceptors (Lipinski definition) is 8. The summed E-state index contributed by atoms with van der Waals surface area (Å²) in [4.78, 5) is 15.2. The molecule has 4 N–H and O–H groups in total. The molecule has 0 radical (unpaired) electrons. The van der Waals surface area contributed by atoms with Crippen LogP contribution < -0.4 is 20.7 Å². The molecular formula is C41H43ClF3N5O3S2. The van der Waals surface area contributed by atoms with Gasteiger partial charge in [0.1, 0.15) is 0 Å². The van der Waals surface area contributed by atoms with Crippen molar-refractivity contribution in [1.82, 2.24) is 14.9 Å². The first-order chi connectivity index (χ1) is 26.3. The number of benzene rings is 5. The second kappa shape index (κ2) is 19.4. The van der Waals surface area contributed by atoms with Gasteiger partial charge in [0.15, 0.2) is 0 Å². The van der Waals surface area contributed by atoms with Crippen molar-refractivity contribution in [2.75, 3.05) is 50.1 Å². The summed E-state index contributed by atoms with van der Waals surface area (Å²) in [6, 6.07) is 33.8. The van der Waals surface area contributed by atoms with E-state index >= 15 is 0 Å². The first-order valence-corrected chi connectivity index (χ1v) is 20.4. The zero-order chi connectivity index (χ0) is 39.4. The van der Waals surface area contributed by atoms with Gasteiger partial charge in [0.05, 0.1) is 10.5 Å². The zero-order valence-corrected chi connectivity index (χ0v) is 32.8. The fourth-order valence-corrected chi connectivity index (χ4v) is 7.80. The van der Waals surface area contributed by atoms with E-state index in [1.807, 2.05) is 90.4 Å². The number of thioether (sulfide) groups is 1. The summed E-state index contributed by atoms with van der Waals surface area (Å²) in [6.45, 7) is 2.47. The van der Waals surface area contributed by atoms with E-state index in [0.717, 1.165) is 33.7 Å². The van der Waals surface area contributed by atoms with Crippen molar-refractivity contribution in [1.29, 1.82) is 0 Å². The van der Waals surface area contributed by atoms with Crippen molar-refractivity contribution in [2.24, 2.45) is 0 Å². The zero-order valence-electron chi connectivity index (χ0n) is 30.4. The van der Waals surface area contributed by atoms with Crippen LogP contribution in [0.2, 0.25) is 5.02 Å². The standard InChI is InChI=1S/C41H43ClF3N5O3S2/c1-50(2)25-22-34(28-54-35-9-4-3-5-10-35)48-39-21-20-36(26-38(39)41(43,44)45)55(52,53)49-40(51)30-14-18-33(19-15-30)47-24-23-46-27-31-8-6-7-11-37(31)29-12-16-32(42)17-13-29/h3-21,26,34,46-48H,22-25,27-28H2,1-2H3,(H,49,51)/t34-/m1/s1. The number of nitrogens with one attached hydrogen (secondary N) is 4. The number of hydrogen-bond donors (Lipinski definition) is 4. The smallest absolute Gasteiger partial charge is 0.384 e. The van der Waals surface area contributed by atoms with Crippen molar-refractivity contribution in [2.45, 2.75) is 35.0 Å². The van der Waals surface area contributed by atoms with Crippen LogP contribution in [0.15, 0.2) is 131 Å². The number of carbonyl (C=O) groups is 1. The first kappa shape index (κ1) is 41.6. The Morgan fingerprint density at radius 2 is 1.55 bits per heavy atom. The Hall–Kier alpha value is -4.53. The van der Waals surface area contributed by atoms with Crippen LogP contribution in [0, 0.1) is 0 Å². The Morgan fingerprint density at radius 1 is 0.855 bits per heavy atom. The van der Waals surface area contributed by atoms with Gasteiger partial charge in [-0.05, 0) is 110 Å². The molecule has 1 atom stereocenters. The molecule has 8 nitrogen and oxygen atoms in total. The fourth-order valence-electron chi connectivity index (χ4n) is 5.68. The Bertz CT molecular complexity index is 2120. The van der Waals surface area contributed by atoms with Gasteiger partial charge in [0.2, 0.25) is 0 Å². The van der Waals surface area contributed by atoms with Crippen molar-refractivity contribution in [3.05, 3.63) is 143 Å². The third-order valence-corrected chi connectivity index (χ3v) is 11.3. The third-order valence-electron chi connectivity index (χ3n) is 8.58. The molecule has 5 rings (SSSR count). The summed E-state index contributed by atoms with van der Waals surface area (Å²) in [5, 5.41) is 10.3. The van der Waals surface area contributed by atoms with Gasteiger partial charge in [-0.3, -0.25) is 4.79 Å². The van der Waals surface area contributed by atoms with Gasteiger partial charge < -0.3 is 20.9 Å². The lowest BCUT2D eigenvalue weighted by Crippen LogP contribution is -2.31. The first-order valence-electron chi connectivity index (χ1n) is 17.5. The Kier molecular flexibility index (Phi) is 14.7. The molecule has 0 saturated carbocycles. The maximum atomic E-state index is 14.3. The molecule has 290 valence electrons. The van der Waals surface area contributed by atoms with Crippen LogP contribution in [-0.2, 0) is 22.7 Å². The highest BCUT2D eigenvalue weighted by molar-refractivity contribution is 7.99. The van der Waals surface area contributed by atoms with E-state index in [0.29, 0.717) is 55.1 Å². The molecule has 0 bridgehead atoms. The highest BCUT2D eigenvalue weighted by atomic mass is 35.5. The summed E-state index contributed by atoms with van der Waals surface area (Å²) in [6.07, 6.45) is -4.32. The number of carbonyl (C=O) groups excluding carboxylic acids is 1. The molecule has 5 aromatic rings. The van der Waals surface area contributed by atoms with E-state index in [1.54, 1.807) is 12.1 Å². The van der Waals surface area contributed by atoms with Crippen molar-refractivity contribution < 1.29 is 26.4 Å². The van der Waals surface area contributed by atoms with Gasteiger partial charge in [-0.2, -0.15) is 13.2 Å². The molecule has 14 heteroatoms. The minimum atomic E-state index is -4.86. The van der Waals surface area contributed by atoms with Crippen LogP contribution in [0.1, 0.15) is 27.9 Å². The number of alkyl halides is 3. The third kappa shape index (κ3) is 12.5. The summed E-state index contributed by atoms with van der Waals surface area (Å²) in [5.41, 5.74) is 2.66. The second-order valence-corrected chi connectivity index (χ2v) is 16.3.